The average Bonchev–Trinajstić information content (AvgIpc) is 2.54. The van der Waals surface area contributed by atoms with Gasteiger partial charge in [-0.2, -0.15) is 0 Å². The van der Waals surface area contributed by atoms with Gasteiger partial charge in [0, 0.05) is 29.9 Å². The highest BCUT2D eigenvalue weighted by Crippen LogP contribution is 2.24. The van der Waals surface area contributed by atoms with Gasteiger partial charge in [-0.25, -0.2) is 4.79 Å². The minimum absolute atomic E-state index is 0. The molecule has 6 nitrogen and oxygen atoms in total. The summed E-state index contributed by atoms with van der Waals surface area (Å²) in [6.07, 6.45) is 5.24. The van der Waals surface area contributed by atoms with E-state index in [-0.39, 0.29) is 36.3 Å². The lowest BCUT2D eigenvalue weighted by Gasteiger charge is -2.25. The van der Waals surface area contributed by atoms with Gasteiger partial charge in [-0.1, -0.05) is 12.5 Å². The van der Waals surface area contributed by atoms with Gasteiger partial charge in [-0.05, 0) is 43.5 Å². The summed E-state index contributed by atoms with van der Waals surface area (Å²) in [6.45, 7) is 3.94. The predicted molar refractivity (Wildman–Crippen MR) is 99.5 cm³/mol. The van der Waals surface area contributed by atoms with Crippen LogP contribution in [0.5, 0.6) is 0 Å². The lowest BCUT2D eigenvalue weighted by molar-refractivity contribution is -0.120. The van der Waals surface area contributed by atoms with Gasteiger partial charge < -0.3 is 21.7 Å². The van der Waals surface area contributed by atoms with E-state index < -0.39 is 0 Å². The third-order valence-electron chi connectivity index (χ3n) is 3.90. The fraction of sp³-hybridized carbons (Fsp3) is 0.412. The molecule has 0 radical (unpaired) electrons. The average molecular weight is 353 g/mol. The molecular weight excluding hydrogens is 328 g/mol. The molecule has 0 bridgehead atoms. The summed E-state index contributed by atoms with van der Waals surface area (Å²) in [7, 11) is 0. The quantitative estimate of drug-likeness (QED) is 0.613. The summed E-state index contributed by atoms with van der Waals surface area (Å²) in [4.78, 5) is 23.8. The van der Waals surface area contributed by atoms with Crippen LogP contribution in [0.15, 0.2) is 36.9 Å². The standard InChI is InChI=1S/C17H24N4O2.ClH/c1-2-10-19-17(23)21-15-8-6-14(7-9-15)20-16(22)12-4-3-5-13(18)11-12;/h2,6-9,12-13H,1,3-5,10-11,18H2,(H,20,22)(H2,19,21,23);1H. The zero-order chi connectivity index (χ0) is 16.7. The Kier molecular flexibility index (Phi) is 8.29. The second-order valence-electron chi connectivity index (χ2n) is 5.81. The highest BCUT2D eigenvalue weighted by atomic mass is 35.5. The van der Waals surface area contributed by atoms with Crippen LogP contribution in [-0.4, -0.2) is 24.5 Å². The number of urea groups is 1. The zero-order valence-electron chi connectivity index (χ0n) is 13.6. The number of halogens is 1. The Morgan fingerprint density at radius 1 is 1.17 bits per heavy atom. The van der Waals surface area contributed by atoms with Crippen LogP contribution in [0.2, 0.25) is 0 Å². The highest BCUT2D eigenvalue weighted by Gasteiger charge is 2.25. The van der Waals surface area contributed by atoms with Crippen molar-refractivity contribution in [2.45, 2.75) is 31.7 Å². The van der Waals surface area contributed by atoms with Crippen LogP contribution in [-0.2, 0) is 4.79 Å². The summed E-state index contributed by atoms with van der Waals surface area (Å²) >= 11 is 0. The van der Waals surface area contributed by atoms with E-state index in [4.69, 9.17) is 5.73 Å². The molecule has 1 aliphatic rings. The molecule has 0 heterocycles. The van der Waals surface area contributed by atoms with Crippen LogP contribution in [0.1, 0.15) is 25.7 Å². The summed E-state index contributed by atoms with van der Waals surface area (Å²) in [6, 6.07) is 6.86. The molecule has 0 aromatic heterocycles. The Morgan fingerprint density at radius 3 is 2.38 bits per heavy atom. The fourth-order valence-corrected chi connectivity index (χ4v) is 2.69. The predicted octanol–water partition coefficient (Wildman–Crippen LogP) is 2.87. The molecule has 3 amide bonds. The number of benzene rings is 1. The maximum atomic E-state index is 12.2. The lowest BCUT2D eigenvalue weighted by atomic mass is 9.85. The minimum atomic E-state index is -0.294. The highest BCUT2D eigenvalue weighted by molar-refractivity contribution is 5.93. The number of nitrogens with one attached hydrogen (secondary N) is 3. The Morgan fingerprint density at radius 2 is 1.79 bits per heavy atom. The second-order valence-corrected chi connectivity index (χ2v) is 5.81. The molecule has 1 saturated carbocycles. The number of hydrogen-bond acceptors (Lipinski definition) is 3. The Balaban J connectivity index is 0.00000288. The van der Waals surface area contributed by atoms with Crippen LogP contribution >= 0.6 is 12.4 Å². The SMILES string of the molecule is C=CCNC(=O)Nc1ccc(NC(=O)C2CCCC(N)C2)cc1.Cl. The minimum Gasteiger partial charge on any atom is -0.334 e. The molecule has 1 aromatic rings. The third-order valence-corrected chi connectivity index (χ3v) is 3.90. The smallest absolute Gasteiger partial charge is 0.319 e. The van der Waals surface area contributed by atoms with Gasteiger partial charge in [0.25, 0.3) is 0 Å². The molecule has 1 aromatic carbocycles. The van der Waals surface area contributed by atoms with Crippen molar-refractivity contribution in [3.8, 4) is 0 Å². The van der Waals surface area contributed by atoms with E-state index in [9.17, 15) is 9.59 Å². The van der Waals surface area contributed by atoms with Crippen molar-refractivity contribution in [2.24, 2.45) is 11.7 Å². The van der Waals surface area contributed by atoms with Gasteiger partial charge in [0.1, 0.15) is 0 Å². The first-order valence-corrected chi connectivity index (χ1v) is 7.90. The van der Waals surface area contributed by atoms with Crippen LogP contribution < -0.4 is 21.7 Å². The molecule has 7 heteroatoms. The first-order valence-electron chi connectivity index (χ1n) is 7.90. The molecule has 0 saturated heterocycles. The zero-order valence-corrected chi connectivity index (χ0v) is 14.4. The number of nitrogens with two attached hydrogens (primary N) is 1. The van der Waals surface area contributed by atoms with Crippen LogP contribution in [0.4, 0.5) is 16.2 Å². The van der Waals surface area contributed by atoms with E-state index in [1.807, 2.05) is 0 Å². The van der Waals surface area contributed by atoms with Gasteiger partial charge in [-0.15, -0.1) is 19.0 Å². The maximum absolute atomic E-state index is 12.2. The van der Waals surface area contributed by atoms with Crippen LogP contribution in [0.25, 0.3) is 0 Å². The molecule has 132 valence electrons. The third kappa shape index (κ3) is 6.22. The summed E-state index contributed by atoms with van der Waals surface area (Å²) < 4.78 is 0. The topological polar surface area (TPSA) is 96.2 Å². The van der Waals surface area contributed by atoms with E-state index in [0.717, 1.165) is 25.7 Å². The summed E-state index contributed by atoms with van der Waals surface area (Å²) in [5.74, 6) is 0.00539. The normalized spacial score (nSPS) is 19.5. The largest absolute Gasteiger partial charge is 0.334 e. The van der Waals surface area contributed by atoms with E-state index in [1.54, 1.807) is 30.3 Å². The molecule has 2 unspecified atom stereocenters. The van der Waals surface area contributed by atoms with Gasteiger partial charge in [0.2, 0.25) is 5.91 Å². The number of amides is 3. The van der Waals surface area contributed by atoms with E-state index in [0.29, 0.717) is 17.9 Å². The van der Waals surface area contributed by atoms with Crippen molar-refractivity contribution >= 4 is 35.7 Å². The molecule has 2 rings (SSSR count). The Bertz CT molecular complexity index is 562. The number of carbonyl (C=O) groups is 2. The summed E-state index contributed by atoms with van der Waals surface area (Å²) in [5.41, 5.74) is 7.30. The molecule has 2 atom stereocenters. The number of rotatable bonds is 5. The van der Waals surface area contributed by atoms with Crippen molar-refractivity contribution in [3.63, 3.8) is 0 Å². The molecule has 5 N–H and O–H groups in total. The van der Waals surface area contributed by atoms with Gasteiger partial charge in [0.15, 0.2) is 0 Å². The lowest BCUT2D eigenvalue weighted by Crippen LogP contribution is -2.34. The fourth-order valence-electron chi connectivity index (χ4n) is 2.69. The van der Waals surface area contributed by atoms with Crippen molar-refractivity contribution in [3.05, 3.63) is 36.9 Å². The summed E-state index contributed by atoms with van der Waals surface area (Å²) in [5, 5.41) is 8.24. The Labute approximate surface area is 148 Å². The van der Waals surface area contributed by atoms with E-state index in [2.05, 4.69) is 22.5 Å². The van der Waals surface area contributed by atoms with Crippen LogP contribution in [0.3, 0.4) is 0 Å². The molecule has 1 fully saturated rings. The Hall–Kier alpha value is -2.05. The van der Waals surface area contributed by atoms with Crippen molar-refractivity contribution in [2.75, 3.05) is 17.2 Å². The maximum Gasteiger partial charge on any atom is 0.319 e. The second kappa shape index (κ2) is 9.95. The molecule has 24 heavy (non-hydrogen) atoms. The molecule has 1 aliphatic carbocycles. The van der Waals surface area contributed by atoms with Crippen molar-refractivity contribution in [1.29, 1.82) is 0 Å². The van der Waals surface area contributed by atoms with E-state index >= 15 is 0 Å². The van der Waals surface area contributed by atoms with E-state index in [1.165, 1.54) is 0 Å². The number of hydrogen-bond donors (Lipinski definition) is 4. The molecule has 0 aliphatic heterocycles. The number of anilines is 2. The van der Waals surface area contributed by atoms with Gasteiger partial charge in [-0.3, -0.25) is 4.79 Å². The van der Waals surface area contributed by atoms with Gasteiger partial charge >= 0.3 is 6.03 Å². The van der Waals surface area contributed by atoms with Crippen LogP contribution in [0, 0.1) is 5.92 Å². The number of carbonyl (C=O) groups excluding carboxylic acids is 2. The van der Waals surface area contributed by atoms with Crippen molar-refractivity contribution < 1.29 is 9.59 Å². The first kappa shape index (κ1) is 20.0. The first-order chi connectivity index (χ1) is 11.1. The van der Waals surface area contributed by atoms with Crippen molar-refractivity contribution in [1.82, 2.24) is 5.32 Å². The molecule has 0 spiro atoms. The monoisotopic (exact) mass is 352 g/mol. The molecular formula is C17H25ClN4O2. The van der Waals surface area contributed by atoms with Gasteiger partial charge in [0.05, 0.1) is 0 Å².